The first-order valence-corrected chi connectivity index (χ1v) is 12.8. The molecule has 0 fully saturated rings. The van der Waals surface area contributed by atoms with Crippen LogP contribution in [0.5, 0.6) is 5.75 Å². The van der Waals surface area contributed by atoms with Crippen LogP contribution in [-0.4, -0.2) is 28.6 Å². The fourth-order valence-corrected chi connectivity index (χ4v) is 4.49. The Labute approximate surface area is 213 Å². The Bertz CT molecular complexity index is 1310. The molecule has 0 unspecified atom stereocenters. The Hall–Kier alpha value is -3.86. The number of nitrogens with one attached hydrogen (secondary N) is 1. The van der Waals surface area contributed by atoms with Crippen LogP contribution in [0.4, 0.5) is 0 Å². The maximum absolute atomic E-state index is 12.4. The van der Waals surface area contributed by atoms with Crippen molar-refractivity contribution in [1.82, 2.24) is 14.9 Å². The summed E-state index contributed by atoms with van der Waals surface area (Å²) in [5, 5.41) is 3.05. The van der Waals surface area contributed by atoms with E-state index < -0.39 is 0 Å². The molecular weight excluding hydrogens is 446 g/mol. The van der Waals surface area contributed by atoms with Crippen molar-refractivity contribution in [2.24, 2.45) is 0 Å². The first-order chi connectivity index (χ1) is 17.7. The van der Waals surface area contributed by atoms with Gasteiger partial charge in [-0.3, -0.25) is 4.79 Å². The van der Waals surface area contributed by atoms with Gasteiger partial charge in [-0.1, -0.05) is 61.0 Å². The van der Waals surface area contributed by atoms with Crippen LogP contribution in [-0.2, 0) is 19.4 Å². The fourth-order valence-electron chi connectivity index (χ4n) is 4.49. The predicted octanol–water partition coefficient (Wildman–Crippen LogP) is 6.30. The third-order valence-corrected chi connectivity index (χ3v) is 6.40. The van der Waals surface area contributed by atoms with Gasteiger partial charge in [0.05, 0.1) is 17.6 Å². The summed E-state index contributed by atoms with van der Waals surface area (Å²) >= 11 is 0. The van der Waals surface area contributed by atoms with E-state index in [4.69, 9.17) is 9.72 Å². The second-order valence-corrected chi connectivity index (χ2v) is 9.00. The van der Waals surface area contributed by atoms with Crippen LogP contribution < -0.4 is 10.1 Å². The third kappa shape index (κ3) is 6.42. The van der Waals surface area contributed by atoms with Crippen LogP contribution >= 0.6 is 0 Å². The molecule has 0 saturated carbocycles. The van der Waals surface area contributed by atoms with Gasteiger partial charge in [0.2, 0.25) is 0 Å². The van der Waals surface area contributed by atoms with Crippen LogP contribution in [0.3, 0.4) is 0 Å². The summed E-state index contributed by atoms with van der Waals surface area (Å²) in [6, 6.07) is 24.1. The van der Waals surface area contributed by atoms with Gasteiger partial charge in [0.25, 0.3) is 5.91 Å². The number of rotatable bonds is 13. The van der Waals surface area contributed by atoms with E-state index in [1.807, 2.05) is 61.5 Å². The van der Waals surface area contributed by atoms with Crippen LogP contribution in [0.15, 0.2) is 85.5 Å². The fraction of sp³-hybridized carbons (Fsp3) is 0.290. The summed E-state index contributed by atoms with van der Waals surface area (Å²) in [7, 11) is 0. The molecule has 5 heteroatoms. The van der Waals surface area contributed by atoms with E-state index in [0.29, 0.717) is 13.2 Å². The Kier molecular flexibility index (Phi) is 8.92. The monoisotopic (exact) mass is 481 g/mol. The topological polar surface area (TPSA) is 56.1 Å². The second kappa shape index (κ2) is 12.7. The summed E-state index contributed by atoms with van der Waals surface area (Å²) in [6.07, 6.45) is 6.59. The molecule has 0 saturated heterocycles. The first-order valence-electron chi connectivity index (χ1n) is 12.8. The highest BCUT2D eigenvalue weighted by molar-refractivity contribution is 5.95. The number of fused-ring (bicyclic) bond motifs is 1. The standard InChI is InChI=1S/C31H35N3O2/c1-3-13-25-15-7-11-19-29(25)36-23-22-34-28-18-10-9-17-27(28)33-30(34)20-5-4-12-21-32-31(35)26-16-8-6-14-24(26)2/h3,6-11,14-19H,1,4-5,12-13,20-23H2,2H3,(H,32,35). The van der Waals surface area contributed by atoms with Crippen molar-refractivity contribution in [3.63, 3.8) is 0 Å². The molecule has 1 heterocycles. The van der Waals surface area contributed by atoms with Gasteiger partial charge in [0, 0.05) is 18.5 Å². The summed E-state index contributed by atoms with van der Waals surface area (Å²) in [6.45, 7) is 7.81. The lowest BCUT2D eigenvalue weighted by molar-refractivity contribution is 0.0952. The number of aryl methyl sites for hydroxylation is 2. The molecule has 0 aliphatic rings. The molecule has 186 valence electrons. The number of allylic oxidation sites excluding steroid dienone is 1. The average Bonchev–Trinajstić information content (AvgIpc) is 3.24. The van der Waals surface area contributed by atoms with Gasteiger partial charge in [0.1, 0.15) is 18.2 Å². The summed E-state index contributed by atoms with van der Waals surface area (Å²) in [4.78, 5) is 17.3. The van der Waals surface area contributed by atoms with Crippen molar-refractivity contribution in [3.05, 3.63) is 108 Å². The third-order valence-electron chi connectivity index (χ3n) is 6.40. The SMILES string of the molecule is C=CCc1ccccc1OCCn1c(CCCCCNC(=O)c2ccccc2C)nc2ccccc21. The second-order valence-electron chi connectivity index (χ2n) is 9.00. The van der Waals surface area contributed by atoms with Gasteiger partial charge in [-0.15, -0.1) is 6.58 Å². The molecule has 1 amide bonds. The van der Waals surface area contributed by atoms with E-state index >= 15 is 0 Å². The van der Waals surface area contributed by atoms with Crippen molar-refractivity contribution >= 4 is 16.9 Å². The van der Waals surface area contributed by atoms with Crippen LogP contribution in [0.25, 0.3) is 11.0 Å². The van der Waals surface area contributed by atoms with Crippen molar-refractivity contribution in [2.45, 2.75) is 45.6 Å². The highest BCUT2D eigenvalue weighted by Crippen LogP contribution is 2.21. The summed E-state index contributed by atoms with van der Waals surface area (Å²) < 4.78 is 8.44. The molecule has 0 spiro atoms. The molecule has 0 radical (unpaired) electrons. The van der Waals surface area contributed by atoms with E-state index in [-0.39, 0.29) is 5.91 Å². The van der Waals surface area contributed by atoms with E-state index in [0.717, 1.165) is 77.9 Å². The Morgan fingerprint density at radius 3 is 2.64 bits per heavy atom. The maximum Gasteiger partial charge on any atom is 0.251 e. The number of carbonyl (C=O) groups is 1. The molecule has 5 nitrogen and oxygen atoms in total. The lowest BCUT2D eigenvalue weighted by Gasteiger charge is -2.13. The highest BCUT2D eigenvalue weighted by Gasteiger charge is 2.11. The molecule has 4 rings (SSSR count). The molecule has 0 bridgehead atoms. The zero-order valence-electron chi connectivity index (χ0n) is 21.1. The van der Waals surface area contributed by atoms with Crippen molar-refractivity contribution in [2.75, 3.05) is 13.2 Å². The van der Waals surface area contributed by atoms with Gasteiger partial charge >= 0.3 is 0 Å². The number of para-hydroxylation sites is 3. The molecular formula is C31H35N3O2. The molecule has 1 aromatic heterocycles. The number of unbranched alkanes of at least 4 members (excludes halogenated alkanes) is 2. The Balaban J connectivity index is 1.29. The molecule has 4 aromatic rings. The number of benzene rings is 3. The van der Waals surface area contributed by atoms with Gasteiger partial charge in [-0.2, -0.15) is 0 Å². The van der Waals surface area contributed by atoms with E-state index in [1.54, 1.807) is 0 Å². The van der Waals surface area contributed by atoms with E-state index in [2.05, 4.69) is 40.7 Å². The quantitative estimate of drug-likeness (QED) is 0.180. The molecule has 0 atom stereocenters. The van der Waals surface area contributed by atoms with Crippen molar-refractivity contribution < 1.29 is 9.53 Å². The molecule has 1 N–H and O–H groups in total. The van der Waals surface area contributed by atoms with Crippen molar-refractivity contribution in [3.8, 4) is 5.75 Å². The van der Waals surface area contributed by atoms with E-state index in [9.17, 15) is 4.79 Å². The largest absolute Gasteiger partial charge is 0.491 e. The normalized spacial score (nSPS) is 10.9. The number of imidazole rings is 1. The minimum atomic E-state index is 0.00422. The highest BCUT2D eigenvalue weighted by atomic mass is 16.5. The number of carbonyl (C=O) groups excluding carboxylic acids is 1. The number of ether oxygens (including phenoxy) is 1. The Morgan fingerprint density at radius 1 is 1.00 bits per heavy atom. The Morgan fingerprint density at radius 2 is 1.78 bits per heavy atom. The average molecular weight is 482 g/mol. The number of hydrogen-bond acceptors (Lipinski definition) is 3. The lowest BCUT2D eigenvalue weighted by Crippen LogP contribution is -2.25. The molecule has 36 heavy (non-hydrogen) atoms. The molecule has 0 aliphatic carbocycles. The lowest BCUT2D eigenvalue weighted by atomic mass is 10.1. The maximum atomic E-state index is 12.4. The smallest absolute Gasteiger partial charge is 0.251 e. The minimum absolute atomic E-state index is 0.00422. The number of amides is 1. The van der Waals surface area contributed by atoms with Crippen LogP contribution in [0.1, 0.15) is 46.6 Å². The van der Waals surface area contributed by atoms with Gasteiger partial charge < -0.3 is 14.6 Å². The molecule has 0 aliphatic heterocycles. The minimum Gasteiger partial charge on any atom is -0.491 e. The van der Waals surface area contributed by atoms with Crippen LogP contribution in [0, 0.1) is 6.92 Å². The number of aromatic nitrogens is 2. The van der Waals surface area contributed by atoms with Crippen molar-refractivity contribution in [1.29, 1.82) is 0 Å². The summed E-state index contributed by atoms with van der Waals surface area (Å²) in [5.41, 5.74) is 5.06. The number of hydrogen-bond donors (Lipinski definition) is 1. The van der Waals surface area contributed by atoms with Gasteiger partial charge in [-0.25, -0.2) is 4.98 Å². The molecule has 3 aromatic carbocycles. The van der Waals surface area contributed by atoms with Gasteiger partial charge in [-0.05, 0) is 61.6 Å². The summed E-state index contributed by atoms with van der Waals surface area (Å²) in [5.74, 6) is 2.00. The van der Waals surface area contributed by atoms with E-state index in [1.165, 1.54) is 0 Å². The predicted molar refractivity (Wildman–Crippen MR) is 147 cm³/mol. The zero-order chi connectivity index (χ0) is 25.2. The first kappa shape index (κ1) is 25.2. The van der Waals surface area contributed by atoms with Gasteiger partial charge in [0.15, 0.2) is 0 Å². The van der Waals surface area contributed by atoms with Crippen LogP contribution in [0.2, 0.25) is 0 Å². The zero-order valence-corrected chi connectivity index (χ0v) is 21.1. The number of nitrogens with zero attached hydrogens (tertiary/aromatic N) is 2.